The molecule has 0 aromatic rings. The summed E-state index contributed by atoms with van der Waals surface area (Å²) in [6, 6.07) is 0.323. The minimum absolute atomic E-state index is 0.161. The highest BCUT2D eigenvalue weighted by molar-refractivity contribution is 5.96. The van der Waals surface area contributed by atoms with Crippen molar-refractivity contribution < 1.29 is 9.59 Å². The van der Waals surface area contributed by atoms with E-state index in [1.165, 1.54) is 0 Å². The Morgan fingerprint density at radius 1 is 1.35 bits per heavy atom. The van der Waals surface area contributed by atoms with Gasteiger partial charge in [-0.1, -0.05) is 0 Å². The predicted octanol–water partition coefficient (Wildman–Crippen LogP) is 1.05. The molecule has 1 aliphatic heterocycles. The molecule has 1 aliphatic rings. The quantitative estimate of drug-likeness (QED) is 0.707. The molecule has 1 saturated heterocycles. The van der Waals surface area contributed by atoms with Gasteiger partial charge in [0.1, 0.15) is 0 Å². The smallest absolute Gasteiger partial charge is 0.324 e. The fraction of sp³-hybridized carbons (Fsp3) is 0.833. The molecule has 0 bridgehead atoms. The molecule has 1 heterocycles. The summed E-state index contributed by atoms with van der Waals surface area (Å²) in [4.78, 5) is 26.4. The summed E-state index contributed by atoms with van der Waals surface area (Å²) in [5.74, 6) is -0.161. The van der Waals surface area contributed by atoms with Gasteiger partial charge in [-0.2, -0.15) is 0 Å². The number of unbranched alkanes of at least 4 members (excludes halogenated alkanes) is 1. The first-order valence-corrected chi connectivity index (χ1v) is 6.29. The van der Waals surface area contributed by atoms with Gasteiger partial charge in [0.15, 0.2) is 0 Å². The third-order valence-corrected chi connectivity index (χ3v) is 3.21. The molecule has 17 heavy (non-hydrogen) atoms. The van der Waals surface area contributed by atoms with Gasteiger partial charge < -0.3 is 9.80 Å². The first-order valence-electron chi connectivity index (χ1n) is 6.29. The van der Waals surface area contributed by atoms with Crippen molar-refractivity contribution in [3.63, 3.8) is 0 Å². The summed E-state index contributed by atoms with van der Waals surface area (Å²) < 4.78 is 0. The van der Waals surface area contributed by atoms with Crippen LogP contribution in [0.2, 0.25) is 0 Å². The average Bonchev–Trinajstić information content (AvgIpc) is 2.26. The van der Waals surface area contributed by atoms with E-state index in [-0.39, 0.29) is 11.9 Å². The Kier molecular flexibility index (Phi) is 5.41. The van der Waals surface area contributed by atoms with Gasteiger partial charge in [-0.15, -0.1) is 0 Å². The van der Waals surface area contributed by atoms with Crippen LogP contribution >= 0.6 is 0 Å². The van der Waals surface area contributed by atoms with Crippen LogP contribution in [0.5, 0.6) is 0 Å². The van der Waals surface area contributed by atoms with Crippen molar-refractivity contribution in [2.24, 2.45) is 0 Å². The largest absolute Gasteiger partial charge is 0.324 e. The molecule has 5 heteroatoms. The summed E-state index contributed by atoms with van der Waals surface area (Å²) in [5, 5.41) is 2.33. The van der Waals surface area contributed by atoms with Gasteiger partial charge in [-0.05, 0) is 40.3 Å². The normalized spacial score (nSPS) is 16.9. The van der Waals surface area contributed by atoms with Crippen molar-refractivity contribution in [2.75, 3.05) is 26.7 Å². The van der Waals surface area contributed by atoms with Crippen molar-refractivity contribution in [2.45, 2.75) is 39.2 Å². The van der Waals surface area contributed by atoms with E-state index in [1.807, 2.05) is 0 Å². The summed E-state index contributed by atoms with van der Waals surface area (Å²) in [6.07, 6.45) is 2.49. The molecule has 0 atom stereocenters. The van der Waals surface area contributed by atoms with Crippen LogP contribution < -0.4 is 5.32 Å². The molecule has 0 aromatic carbocycles. The fourth-order valence-corrected chi connectivity index (χ4v) is 1.73. The predicted molar refractivity (Wildman–Crippen MR) is 66.7 cm³/mol. The van der Waals surface area contributed by atoms with Crippen molar-refractivity contribution in [1.29, 1.82) is 0 Å². The number of nitrogens with zero attached hydrogens (tertiary/aromatic N) is 2. The lowest BCUT2D eigenvalue weighted by atomic mass is 10.2. The van der Waals surface area contributed by atoms with Crippen LogP contribution in [-0.2, 0) is 4.79 Å². The molecule has 1 N–H and O–H groups in total. The first kappa shape index (κ1) is 14.0. The maximum absolute atomic E-state index is 11.4. The Morgan fingerprint density at radius 2 is 2.06 bits per heavy atom. The van der Waals surface area contributed by atoms with E-state index in [0.717, 1.165) is 25.9 Å². The van der Waals surface area contributed by atoms with Crippen LogP contribution in [0.3, 0.4) is 0 Å². The minimum atomic E-state index is -0.238. The van der Waals surface area contributed by atoms with Crippen LogP contribution in [0, 0.1) is 0 Å². The second-order valence-corrected chi connectivity index (χ2v) is 4.87. The maximum Gasteiger partial charge on any atom is 0.324 e. The number of imide groups is 1. The van der Waals surface area contributed by atoms with Gasteiger partial charge in [0, 0.05) is 25.6 Å². The number of carbonyl (C=O) groups is 2. The van der Waals surface area contributed by atoms with Crippen molar-refractivity contribution >= 4 is 11.9 Å². The van der Waals surface area contributed by atoms with Gasteiger partial charge in [-0.3, -0.25) is 10.1 Å². The molecule has 1 fully saturated rings. The number of hydrogen-bond donors (Lipinski definition) is 1. The zero-order valence-corrected chi connectivity index (χ0v) is 11.0. The van der Waals surface area contributed by atoms with E-state index >= 15 is 0 Å². The van der Waals surface area contributed by atoms with Gasteiger partial charge in [0.2, 0.25) is 5.91 Å². The number of carbonyl (C=O) groups excluding carboxylic acids is 2. The SMILES string of the molecule is CC(C)N(C)CCCCN1CCC(=O)NC1=O. The molecule has 98 valence electrons. The van der Waals surface area contributed by atoms with Crippen molar-refractivity contribution in [3.8, 4) is 0 Å². The molecule has 0 aliphatic carbocycles. The van der Waals surface area contributed by atoms with Crippen LogP contribution in [0.4, 0.5) is 4.79 Å². The molecule has 1 rings (SSSR count). The Bertz CT molecular complexity index is 279. The van der Waals surface area contributed by atoms with E-state index in [0.29, 0.717) is 19.0 Å². The van der Waals surface area contributed by atoms with E-state index in [9.17, 15) is 9.59 Å². The molecule has 0 radical (unpaired) electrons. The van der Waals surface area contributed by atoms with Gasteiger partial charge in [0.25, 0.3) is 0 Å². The van der Waals surface area contributed by atoms with E-state index in [1.54, 1.807) is 4.90 Å². The van der Waals surface area contributed by atoms with Crippen LogP contribution in [-0.4, -0.2) is 54.5 Å². The van der Waals surface area contributed by atoms with Gasteiger partial charge in [-0.25, -0.2) is 4.79 Å². The fourth-order valence-electron chi connectivity index (χ4n) is 1.73. The molecule has 0 unspecified atom stereocenters. The standard InChI is InChI=1S/C12H23N3O2/c1-10(2)14(3)7-4-5-8-15-9-6-11(16)13-12(15)17/h10H,4-9H2,1-3H3,(H,13,16,17). The Balaban J connectivity index is 2.14. The third-order valence-electron chi connectivity index (χ3n) is 3.21. The average molecular weight is 241 g/mol. The lowest BCUT2D eigenvalue weighted by Gasteiger charge is -2.27. The lowest BCUT2D eigenvalue weighted by molar-refractivity contribution is -0.121. The number of amides is 3. The number of hydrogen-bond acceptors (Lipinski definition) is 3. The molecule has 0 aromatic heterocycles. The highest BCUT2D eigenvalue weighted by Crippen LogP contribution is 2.04. The summed E-state index contributed by atoms with van der Waals surface area (Å²) in [7, 11) is 2.11. The molecular formula is C12H23N3O2. The second kappa shape index (κ2) is 6.59. The highest BCUT2D eigenvalue weighted by atomic mass is 16.2. The zero-order valence-electron chi connectivity index (χ0n) is 11.0. The zero-order chi connectivity index (χ0) is 12.8. The molecule has 0 saturated carbocycles. The van der Waals surface area contributed by atoms with Gasteiger partial charge >= 0.3 is 6.03 Å². The van der Waals surface area contributed by atoms with Crippen LogP contribution in [0.25, 0.3) is 0 Å². The summed E-state index contributed by atoms with van der Waals surface area (Å²) in [5.41, 5.74) is 0. The van der Waals surface area contributed by atoms with E-state index < -0.39 is 0 Å². The van der Waals surface area contributed by atoms with Crippen LogP contribution in [0.1, 0.15) is 33.1 Å². The minimum Gasteiger partial charge on any atom is -0.324 e. The monoisotopic (exact) mass is 241 g/mol. The first-order chi connectivity index (χ1) is 8.00. The molecule has 3 amide bonds. The van der Waals surface area contributed by atoms with E-state index in [4.69, 9.17) is 0 Å². The topological polar surface area (TPSA) is 52.6 Å². The number of urea groups is 1. The van der Waals surface area contributed by atoms with Gasteiger partial charge in [0.05, 0.1) is 0 Å². The van der Waals surface area contributed by atoms with Crippen molar-refractivity contribution in [3.05, 3.63) is 0 Å². The molecule has 5 nitrogen and oxygen atoms in total. The molecule has 0 spiro atoms. The molecular weight excluding hydrogens is 218 g/mol. The third kappa shape index (κ3) is 4.73. The highest BCUT2D eigenvalue weighted by Gasteiger charge is 2.21. The summed E-state index contributed by atoms with van der Waals surface area (Å²) in [6.45, 7) is 6.69. The lowest BCUT2D eigenvalue weighted by Crippen LogP contribution is -2.49. The second-order valence-electron chi connectivity index (χ2n) is 4.87. The van der Waals surface area contributed by atoms with Crippen molar-refractivity contribution in [1.82, 2.24) is 15.1 Å². The Morgan fingerprint density at radius 3 is 2.65 bits per heavy atom. The maximum atomic E-state index is 11.4. The Hall–Kier alpha value is -1.10. The summed E-state index contributed by atoms with van der Waals surface area (Å²) >= 11 is 0. The van der Waals surface area contributed by atoms with Crippen LogP contribution in [0.15, 0.2) is 0 Å². The Labute approximate surface area is 103 Å². The number of rotatable bonds is 6. The number of nitrogens with one attached hydrogen (secondary N) is 1. The van der Waals surface area contributed by atoms with E-state index in [2.05, 4.69) is 31.1 Å².